The number of nitrogens with zero attached hydrogens (tertiary/aromatic N) is 2. The highest BCUT2D eigenvalue weighted by molar-refractivity contribution is 5.92. The Bertz CT molecular complexity index is 1130. The summed E-state index contributed by atoms with van der Waals surface area (Å²) >= 11 is 0. The first-order valence-corrected chi connectivity index (χ1v) is 10.2. The zero-order valence-corrected chi connectivity index (χ0v) is 17.8. The monoisotopic (exact) mass is 417 g/mol. The Hall–Kier alpha value is -3.71. The molecule has 0 fully saturated rings. The molecule has 7 nitrogen and oxygen atoms in total. The van der Waals surface area contributed by atoms with Gasteiger partial charge in [-0.25, -0.2) is 0 Å². The smallest absolute Gasteiger partial charge is 0.166 e. The third-order valence-corrected chi connectivity index (χ3v) is 4.94. The first-order valence-electron chi connectivity index (χ1n) is 10.2. The molecule has 2 heterocycles. The van der Waals surface area contributed by atoms with Gasteiger partial charge in [-0.3, -0.25) is 14.7 Å². The van der Waals surface area contributed by atoms with Gasteiger partial charge in [-0.05, 0) is 37.7 Å². The summed E-state index contributed by atoms with van der Waals surface area (Å²) in [5, 5.41) is 14.1. The maximum atomic E-state index is 11.1. The number of aromatic nitrogens is 3. The number of H-pyrrole nitrogens is 1. The van der Waals surface area contributed by atoms with Crippen LogP contribution in [0, 0.1) is 0 Å². The van der Waals surface area contributed by atoms with Crippen LogP contribution in [0.5, 0.6) is 0 Å². The normalized spacial score (nSPS) is 10.4. The lowest BCUT2D eigenvalue weighted by Crippen LogP contribution is -2.12. The van der Waals surface area contributed by atoms with Gasteiger partial charge in [0, 0.05) is 36.1 Å². The van der Waals surface area contributed by atoms with E-state index in [0.717, 1.165) is 60.1 Å². The molecule has 3 N–H and O–H groups in total. The number of aryl methyl sites for hydroxylation is 1. The van der Waals surface area contributed by atoms with Gasteiger partial charge >= 0.3 is 0 Å². The number of anilines is 1. The van der Waals surface area contributed by atoms with Crippen molar-refractivity contribution in [2.45, 2.75) is 13.0 Å². The molecule has 0 aliphatic heterocycles. The van der Waals surface area contributed by atoms with E-state index in [1.54, 1.807) is 6.07 Å². The predicted octanol–water partition coefficient (Wildman–Crippen LogP) is 3.99. The average molecular weight is 418 g/mol. The number of hydrogen-bond acceptors (Lipinski definition) is 5. The number of fused-ring (bicyclic) bond motifs is 1. The van der Waals surface area contributed by atoms with E-state index >= 15 is 0 Å². The largest absolute Gasteiger partial charge is 0.372 e. The molecule has 0 spiro atoms. The van der Waals surface area contributed by atoms with Gasteiger partial charge in [-0.15, -0.1) is 0 Å². The first kappa shape index (κ1) is 22.0. The van der Waals surface area contributed by atoms with Gasteiger partial charge < -0.3 is 15.2 Å². The Labute approximate surface area is 181 Å². The van der Waals surface area contributed by atoms with Crippen molar-refractivity contribution in [3.8, 4) is 11.3 Å². The van der Waals surface area contributed by atoms with Gasteiger partial charge in [0.25, 0.3) is 0 Å². The minimum Gasteiger partial charge on any atom is -0.372 e. The summed E-state index contributed by atoms with van der Waals surface area (Å²) < 4.78 is 1.96. The van der Waals surface area contributed by atoms with Crippen molar-refractivity contribution in [3.63, 3.8) is 0 Å². The van der Waals surface area contributed by atoms with Gasteiger partial charge in [-0.2, -0.15) is 5.10 Å². The first-order chi connectivity index (χ1) is 15.2. The van der Waals surface area contributed by atoms with Crippen LogP contribution in [0.15, 0.2) is 60.7 Å². The van der Waals surface area contributed by atoms with Gasteiger partial charge in [-0.1, -0.05) is 42.5 Å². The van der Waals surface area contributed by atoms with Gasteiger partial charge in [0.05, 0.1) is 11.4 Å². The second-order valence-corrected chi connectivity index (χ2v) is 7.01. The molecule has 31 heavy (non-hydrogen) atoms. The van der Waals surface area contributed by atoms with Crippen molar-refractivity contribution >= 4 is 29.3 Å². The van der Waals surface area contributed by atoms with Crippen LogP contribution in [0.4, 0.5) is 5.82 Å². The lowest BCUT2D eigenvalue weighted by Gasteiger charge is -2.07. The quantitative estimate of drug-likeness (QED) is 0.298. The minimum absolute atomic E-state index is 0.632. The summed E-state index contributed by atoms with van der Waals surface area (Å²) in [6.07, 6.45) is 2.62. The Balaban J connectivity index is 0.000000185. The fourth-order valence-electron chi connectivity index (χ4n) is 3.34. The fourth-order valence-corrected chi connectivity index (χ4v) is 3.34. The third-order valence-electron chi connectivity index (χ3n) is 4.94. The topological polar surface area (TPSA) is 91.8 Å². The van der Waals surface area contributed by atoms with Crippen LogP contribution in [-0.4, -0.2) is 48.0 Å². The zero-order valence-electron chi connectivity index (χ0n) is 17.8. The third kappa shape index (κ3) is 5.46. The number of carbonyl (C=O) groups excluding carboxylic acids is 2. The second kappa shape index (κ2) is 10.9. The molecule has 0 aliphatic rings. The van der Waals surface area contributed by atoms with Crippen LogP contribution in [0.2, 0.25) is 0 Å². The molecular formula is C24H27N5O2. The second-order valence-electron chi connectivity index (χ2n) is 7.01. The van der Waals surface area contributed by atoms with Crippen molar-refractivity contribution in [1.29, 1.82) is 0 Å². The summed E-state index contributed by atoms with van der Waals surface area (Å²) in [5.41, 5.74) is 4.41. The van der Waals surface area contributed by atoms with Crippen LogP contribution < -0.4 is 10.6 Å². The highest BCUT2D eigenvalue weighted by Crippen LogP contribution is 2.21. The predicted molar refractivity (Wildman–Crippen MR) is 125 cm³/mol. The zero-order chi connectivity index (χ0) is 22.1. The van der Waals surface area contributed by atoms with Crippen molar-refractivity contribution in [2.24, 2.45) is 0 Å². The molecule has 4 aromatic rings. The molecule has 0 bridgehead atoms. The summed E-state index contributed by atoms with van der Waals surface area (Å²) in [7, 11) is 3.75. The molecule has 0 unspecified atom stereocenters. The molecule has 0 saturated heterocycles. The minimum atomic E-state index is 0.632. The molecule has 7 heteroatoms. The molecule has 0 radical (unpaired) electrons. The summed E-state index contributed by atoms with van der Waals surface area (Å²) in [5.74, 6) is 0.860. The Morgan fingerprint density at radius 2 is 1.81 bits per heavy atom. The number of carbonyl (C=O) groups is 2. The highest BCUT2D eigenvalue weighted by Gasteiger charge is 2.08. The summed E-state index contributed by atoms with van der Waals surface area (Å²) in [6, 6.07) is 19.4. The van der Waals surface area contributed by atoms with E-state index < -0.39 is 0 Å². The Kier molecular flexibility index (Phi) is 7.73. The van der Waals surface area contributed by atoms with E-state index in [9.17, 15) is 9.59 Å². The van der Waals surface area contributed by atoms with Crippen molar-refractivity contribution < 1.29 is 9.59 Å². The molecule has 160 valence electrons. The van der Waals surface area contributed by atoms with E-state index in [4.69, 9.17) is 0 Å². The highest BCUT2D eigenvalue weighted by atomic mass is 16.1. The number of rotatable bonds is 8. The number of aromatic amines is 1. The molecule has 4 rings (SSSR count). The SMILES string of the molecule is CNCCCn1c(C=O)cc2ccc(C=O)cc21.CNc1cc(-c2ccccc2)[nH]n1. The van der Waals surface area contributed by atoms with Gasteiger partial charge in [0.2, 0.25) is 0 Å². The van der Waals surface area contributed by atoms with Crippen molar-refractivity contribution in [3.05, 3.63) is 71.9 Å². The maximum Gasteiger partial charge on any atom is 0.166 e. The van der Waals surface area contributed by atoms with Crippen LogP contribution in [-0.2, 0) is 6.54 Å². The van der Waals surface area contributed by atoms with E-state index in [1.165, 1.54) is 0 Å². The molecular weight excluding hydrogens is 390 g/mol. The van der Waals surface area contributed by atoms with Crippen LogP contribution in [0.25, 0.3) is 22.2 Å². The van der Waals surface area contributed by atoms with Crippen molar-refractivity contribution in [1.82, 2.24) is 20.1 Å². The number of hydrogen-bond donors (Lipinski definition) is 3. The lowest BCUT2D eigenvalue weighted by molar-refractivity contribution is 0.111. The standard InChI is InChI=1S/C14H16N2O2.C10H11N3/c1-15-5-2-6-16-13(10-18)8-12-4-3-11(9-17)7-14(12)16;1-11-10-7-9(12-13-10)8-5-3-2-4-6-8/h3-4,7-10,15H,2,5-6H2,1H3;2-7H,1H3,(H2,11,12,13). The molecule has 2 aromatic carbocycles. The Morgan fingerprint density at radius 3 is 2.45 bits per heavy atom. The van der Waals surface area contributed by atoms with E-state index in [1.807, 2.05) is 73.3 Å². The fraction of sp³-hybridized carbons (Fsp3) is 0.208. The number of benzene rings is 2. The van der Waals surface area contributed by atoms with E-state index in [2.05, 4.69) is 20.8 Å². The Morgan fingerprint density at radius 1 is 1.00 bits per heavy atom. The number of nitrogens with one attached hydrogen (secondary N) is 3. The molecule has 2 aromatic heterocycles. The van der Waals surface area contributed by atoms with Gasteiger partial charge in [0.1, 0.15) is 12.1 Å². The molecule has 0 amide bonds. The van der Waals surface area contributed by atoms with Crippen molar-refractivity contribution in [2.75, 3.05) is 26.0 Å². The van der Waals surface area contributed by atoms with Crippen LogP contribution >= 0.6 is 0 Å². The maximum absolute atomic E-state index is 11.1. The van der Waals surface area contributed by atoms with Gasteiger partial charge in [0.15, 0.2) is 6.29 Å². The summed E-state index contributed by atoms with van der Waals surface area (Å²) in [4.78, 5) is 21.9. The van der Waals surface area contributed by atoms with E-state index in [-0.39, 0.29) is 0 Å². The molecule has 0 atom stereocenters. The molecule has 0 aliphatic carbocycles. The lowest BCUT2D eigenvalue weighted by atomic mass is 10.2. The average Bonchev–Trinajstić information content (AvgIpc) is 3.44. The van der Waals surface area contributed by atoms with Crippen LogP contribution in [0.1, 0.15) is 27.3 Å². The number of aldehydes is 2. The van der Waals surface area contributed by atoms with Crippen LogP contribution in [0.3, 0.4) is 0 Å². The molecule has 0 saturated carbocycles. The van der Waals surface area contributed by atoms with E-state index in [0.29, 0.717) is 11.3 Å². The summed E-state index contributed by atoms with van der Waals surface area (Å²) in [6.45, 7) is 1.66.